The number of rotatable bonds is 3. The van der Waals surface area contributed by atoms with Crippen molar-refractivity contribution in [2.75, 3.05) is 12.4 Å². The molecule has 0 aromatic heterocycles. The number of carboxylic acid groups (broad SMARTS) is 1. The topological polar surface area (TPSA) is 95.9 Å². The molecule has 0 spiro atoms. The number of hydrogen-bond donors (Lipinski definition) is 3. The third kappa shape index (κ3) is 2.64. The van der Waals surface area contributed by atoms with E-state index in [0.29, 0.717) is 16.8 Å². The van der Waals surface area contributed by atoms with Crippen molar-refractivity contribution in [1.29, 1.82) is 0 Å². The van der Waals surface area contributed by atoms with E-state index >= 15 is 0 Å². The minimum Gasteiger partial charge on any atom is -0.507 e. The molecule has 2 aromatic rings. The van der Waals surface area contributed by atoms with Gasteiger partial charge in [-0.15, -0.1) is 0 Å². The second kappa shape index (κ2) is 5.84. The first-order valence-corrected chi connectivity index (χ1v) is 7.14. The molecule has 24 heavy (non-hydrogen) atoms. The van der Waals surface area contributed by atoms with Gasteiger partial charge in [0.2, 0.25) is 5.91 Å². The van der Waals surface area contributed by atoms with Crippen LogP contribution in [0.2, 0.25) is 0 Å². The Balaban J connectivity index is 2.16. The maximum atomic E-state index is 13.6. The molecule has 3 N–H and O–H groups in total. The van der Waals surface area contributed by atoms with E-state index in [2.05, 4.69) is 5.32 Å². The summed E-state index contributed by atoms with van der Waals surface area (Å²) in [6, 6.07) is 6.78. The fourth-order valence-corrected chi connectivity index (χ4v) is 2.86. The molecule has 1 unspecified atom stereocenters. The molecule has 1 amide bonds. The minimum absolute atomic E-state index is 0.0391. The average molecular weight is 331 g/mol. The highest BCUT2D eigenvalue weighted by Crippen LogP contribution is 2.41. The largest absolute Gasteiger partial charge is 0.507 e. The number of hydrogen-bond acceptors (Lipinski definition) is 4. The lowest BCUT2D eigenvalue weighted by atomic mass is 9.83. The highest BCUT2D eigenvalue weighted by Gasteiger charge is 2.29. The Bertz CT molecular complexity index is 849. The molecule has 3 rings (SSSR count). The second-order valence-corrected chi connectivity index (χ2v) is 5.46. The number of carbonyl (C=O) groups excluding carboxylic acids is 1. The highest BCUT2D eigenvalue weighted by molar-refractivity contribution is 5.98. The van der Waals surface area contributed by atoms with Gasteiger partial charge in [-0.25, -0.2) is 9.18 Å². The molecule has 1 atom stereocenters. The molecule has 1 aliphatic rings. The maximum Gasteiger partial charge on any atom is 0.339 e. The molecule has 124 valence electrons. The Labute approximate surface area is 136 Å². The second-order valence-electron chi connectivity index (χ2n) is 5.46. The van der Waals surface area contributed by atoms with E-state index < -0.39 is 23.5 Å². The third-order valence-corrected chi connectivity index (χ3v) is 4.01. The van der Waals surface area contributed by atoms with Crippen LogP contribution in [0.1, 0.15) is 33.8 Å². The first-order chi connectivity index (χ1) is 11.4. The van der Waals surface area contributed by atoms with Crippen LogP contribution in [0.15, 0.2) is 30.3 Å². The number of anilines is 1. The predicted molar refractivity (Wildman–Crippen MR) is 83.1 cm³/mol. The number of halogens is 1. The van der Waals surface area contributed by atoms with Crippen LogP contribution in [0.3, 0.4) is 0 Å². The van der Waals surface area contributed by atoms with E-state index in [-0.39, 0.29) is 23.6 Å². The van der Waals surface area contributed by atoms with Gasteiger partial charge in [0.15, 0.2) is 11.6 Å². The van der Waals surface area contributed by atoms with Crippen molar-refractivity contribution in [2.45, 2.75) is 12.3 Å². The molecule has 0 bridgehead atoms. The molecule has 0 saturated carbocycles. The van der Waals surface area contributed by atoms with Crippen LogP contribution >= 0.6 is 0 Å². The number of fused-ring (bicyclic) bond motifs is 1. The average Bonchev–Trinajstić information content (AvgIpc) is 2.53. The number of methoxy groups -OCH3 is 1. The van der Waals surface area contributed by atoms with E-state index in [0.717, 1.165) is 0 Å². The Kier molecular flexibility index (Phi) is 3.84. The molecule has 0 saturated heterocycles. The molecule has 1 heterocycles. The summed E-state index contributed by atoms with van der Waals surface area (Å²) in [5.41, 5.74) is 1.23. The van der Waals surface area contributed by atoms with Crippen molar-refractivity contribution >= 4 is 17.6 Å². The van der Waals surface area contributed by atoms with E-state index in [1.54, 1.807) is 0 Å². The lowest BCUT2D eigenvalue weighted by molar-refractivity contribution is -0.116. The number of benzene rings is 2. The zero-order chi connectivity index (χ0) is 17.4. The van der Waals surface area contributed by atoms with E-state index in [4.69, 9.17) is 4.74 Å². The summed E-state index contributed by atoms with van der Waals surface area (Å²) in [5, 5.41) is 21.6. The summed E-state index contributed by atoms with van der Waals surface area (Å²) in [4.78, 5) is 23.2. The molecule has 0 aliphatic carbocycles. The van der Waals surface area contributed by atoms with Gasteiger partial charge in [-0.1, -0.05) is 6.07 Å². The highest BCUT2D eigenvalue weighted by atomic mass is 19.1. The van der Waals surface area contributed by atoms with Crippen LogP contribution in [0.5, 0.6) is 11.5 Å². The van der Waals surface area contributed by atoms with Crippen LogP contribution < -0.4 is 10.1 Å². The Morgan fingerprint density at radius 3 is 2.75 bits per heavy atom. The molecule has 2 aromatic carbocycles. The standard InChI is InChI=1S/C17H14FNO5/c1-24-15-4-8(2-3-12(15)18)9-6-16(21)19-13-7-14(20)11(17(22)23)5-10(9)13/h2-5,7,9,20H,6H2,1H3,(H,19,21)(H,22,23). The normalized spacial score (nSPS) is 16.2. The summed E-state index contributed by atoms with van der Waals surface area (Å²) < 4.78 is 18.6. The molecule has 7 heteroatoms. The zero-order valence-corrected chi connectivity index (χ0v) is 12.7. The summed E-state index contributed by atoms with van der Waals surface area (Å²) >= 11 is 0. The first-order valence-electron chi connectivity index (χ1n) is 7.14. The SMILES string of the molecule is COc1cc(C2CC(=O)Nc3cc(O)c(C(=O)O)cc32)ccc1F. The lowest BCUT2D eigenvalue weighted by Gasteiger charge is -2.27. The van der Waals surface area contributed by atoms with Gasteiger partial charge in [0.05, 0.1) is 7.11 Å². The summed E-state index contributed by atoms with van der Waals surface area (Å²) in [5.74, 6) is -2.95. The van der Waals surface area contributed by atoms with Crippen LogP contribution in [-0.4, -0.2) is 29.2 Å². The van der Waals surface area contributed by atoms with Crippen LogP contribution in [0.25, 0.3) is 0 Å². The number of aromatic carboxylic acids is 1. The van der Waals surface area contributed by atoms with Gasteiger partial charge in [-0.05, 0) is 29.3 Å². The number of aromatic hydroxyl groups is 1. The fraction of sp³-hybridized carbons (Fsp3) is 0.176. The summed E-state index contributed by atoms with van der Waals surface area (Å²) in [6.07, 6.45) is 0.0750. The Morgan fingerprint density at radius 1 is 1.33 bits per heavy atom. The molecule has 0 fully saturated rings. The molecular weight excluding hydrogens is 317 g/mol. The summed E-state index contributed by atoms with van der Waals surface area (Å²) in [6.45, 7) is 0. The van der Waals surface area contributed by atoms with Gasteiger partial charge in [0.25, 0.3) is 0 Å². The van der Waals surface area contributed by atoms with Crippen molar-refractivity contribution < 1.29 is 28.9 Å². The molecule has 0 radical (unpaired) electrons. The van der Waals surface area contributed by atoms with Crippen molar-refractivity contribution in [3.63, 3.8) is 0 Å². The smallest absolute Gasteiger partial charge is 0.339 e. The van der Waals surface area contributed by atoms with Gasteiger partial charge in [-0.3, -0.25) is 4.79 Å². The van der Waals surface area contributed by atoms with Gasteiger partial charge >= 0.3 is 5.97 Å². The summed E-state index contributed by atoms with van der Waals surface area (Å²) in [7, 11) is 1.34. The van der Waals surface area contributed by atoms with E-state index in [1.165, 1.54) is 37.4 Å². The minimum atomic E-state index is -1.28. The zero-order valence-electron chi connectivity index (χ0n) is 12.7. The van der Waals surface area contributed by atoms with E-state index in [1.807, 2.05) is 0 Å². The van der Waals surface area contributed by atoms with Crippen LogP contribution in [0.4, 0.5) is 10.1 Å². The Morgan fingerprint density at radius 2 is 2.08 bits per heavy atom. The number of amides is 1. The predicted octanol–water partition coefficient (Wildman–Crippen LogP) is 2.71. The van der Waals surface area contributed by atoms with Crippen molar-refractivity contribution in [3.8, 4) is 11.5 Å². The molecular formula is C17H14FNO5. The van der Waals surface area contributed by atoms with Crippen molar-refractivity contribution in [2.24, 2.45) is 0 Å². The maximum absolute atomic E-state index is 13.6. The number of nitrogens with one attached hydrogen (secondary N) is 1. The first kappa shape index (κ1) is 15.8. The molecule has 1 aliphatic heterocycles. The van der Waals surface area contributed by atoms with E-state index in [9.17, 15) is 24.2 Å². The van der Waals surface area contributed by atoms with Crippen molar-refractivity contribution in [3.05, 3.63) is 52.8 Å². The number of phenols is 1. The number of carboxylic acids is 1. The third-order valence-electron chi connectivity index (χ3n) is 4.01. The van der Waals surface area contributed by atoms with Gasteiger partial charge in [0.1, 0.15) is 11.3 Å². The van der Waals surface area contributed by atoms with Crippen LogP contribution in [0, 0.1) is 5.82 Å². The van der Waals surface area contributed by atoms with Crippen LogP contribution in [-0.2, 0) is 4.79 Å². The fourth-order valence-electron chi connectivity index (χ4n) is 2.86. The van der Waals surface area contributed by atoms with Gasteiger partial charge in [0, 0.05) is 24.1 Å². The van der Waals surface area contributed by atoms with Gasteiger partial charge < -0.3 is 20.3 Å². The van der Waals surface area contributed by atoms with Gasteiger partial charge in [-0.2, -0.15) is 0 Å². The monoisotopic (exact) mass is 331 g/mol. The Hall–Kier alpha value is -3.09. The lowest BCUT2D eigenvalue weighted by Crippen LogP contribution is -2.24. The van der Waals surface area contributed by atoms with Crippen molar-refractivity contribution in [1.82, 2.24) is 0 Å². The quantitative estimate of drug-likeness (QED) is 0.804. The molecule has 6 nitrogen and oxygen atoms in total. The number of carbonyl (C=O) groups is 2. The number of ether oxygens (including phenoxy) is 1.